The summed E-state index contributed by atoms with van der Waals surface area (Å²) in [5.41, 5.74) is 0.236. The average Bonchev–Trinajstić information content (AvgIpc) is 2.77. The number of nitrogens with zero attached hydrogens (tertiary/aromatic N) is 1. The van der Waals surface area contributed by atoms with E-state index in [2.05, 4.69) is 10.0 Å². The van der Waals surface area contributed by atoms with E-state index >= 15 is 0 Å². The number of nitro benzene ring substituents is 1. The van der Waals surface area contributed by atoms with Crippen LogP contribution in [0.5, 0.6) is 5.75 Å². The summed E-state index contributed by atoms with van der Waals surface area (Å²) >= 11 is 0. The highest BCUT2D eigenvalue weighted by Gasteiger charge is 2.18. The molecule has 2 N–H and O–H groups in total. The van der Waals surface area contributed by atoms with Crippen LogP contribution in [0.15, 0.2) is 83.8 Å². The van der Waals surface area contributed by atoms with Gasteiger partial charge in [0.05, 0.1) is 16.4 Å². The van der Waals surface area contributed by atoms with Gasteiger partial charge in [-0.25, -0.2) is 8.42 Å². The number of para-hydroxylation sites is 1. The lowest BCUT2D eigenvalue weighted by atomic mass is 10.2. The molecule has 10 heteroatoms. The highest BCUT2D eigenvalue weighted by atomic mass is 32.2. The van der Waals surface area contributed by atoms with Crippen molar-refractivity contribution in [3.05, 3.63) is 94.5 Å². The fourth-order valence-electron chi connectivity index (χ4n) is 2.62. The van der Waals surface area contributed by atoms with Crippen LogP contribution in [0.4, 0.5) is 11.4 Å². The fraction of sp³-hybridized carbons (Fsp3) is 0.0952. The van der Waals surface area contributed by atoms with Gasteiger partial charge in [0, 0.05) is 23.4 Å². The second-order valence-electron chi connectivity index (χ2n) is 6.35. The highest BCUT2D eigenvalue weighted by molar-refractivity contribution is 7.92. The van der Waals surface area contributed by atoms with Crippen LogP contribution in [-0.2, 0) is 10.0 Å². The maximum atomic E-state index is 12.5. The largest absolute Gasteiger partial charge is 0.492 e. The molecule has 3 aromatic rings. The maximum Gasteiger partial charge on any atom is 0.270 e. The number of sulfonamides is 1. The molecule has 9 nitrogen and oxygen atoms in total. The van der Waals surface area contributed by atoms with E-state index in [0.29, 0.717) is 24.5 Å². The lowest BCUT2D eigenvalue weighted by Crippen LogP contribution is -2.28. The smallest absolute Gasteiger partial charge is 0.270 e. The van der Waals surface area contributed by atoms with Crippen LogP contribution in [-0.4, -0.2) is 32.4 Å². The lowest BCUT2D eigenvalue weighted by Gasteiger charge is -2.10. The number of nitro groups is 1. The molecule has 0 aliphatic rings. The second kappa shape index (κ2) is 9.72. The van der Waals surface area contributed by atoms with E-state index in [4.69, 9.17) is 4.74 Å². The summed E-state index contributed by atoms with van der Waals surface area (Å²) in [4.78, 5) is 22.2. The van der Waals surface area contributed by atoms with Gasteiger partial charge in [0.25, 0.3) is 21.6 Å². The van der Waals surface area contributed by atoms with Crippen LogP contribution in [0.2, 0.25) is 0 Å². The number of carbonyl (C=O) groups excluding carboxylic acids is 1. The summed E-state index contributed by atoms with van der Waals surface area (Å²) in [6.07, 6.45) is 0. The molecule has 0 bridgehead atoms. The molecule has 3 aromatic carbocycles. The van der Waals surface area contributed by atoms with Gasteiger partial charge in [0.1, 0.15) is 12.4 Å². The Labute approximate surface area is 178 Å². The molecule has 0 aliphatic carbocycles. The summed E-state index contributed by atoms with van der Waals surface area (Å²) < 4.78 is 32.8. The number of anilines is 1. The Kier molecular flexibility index (Phi) is 6.83. The molecular weight excluding hydrogens is 422 g/mol. The molecule has 0 heterocycles. The van der Waals surface area contributed by atoms with Crippen molar-refractivity contribution >= 4 is 27.3 Å². The molecule has 0 atom stereocenters. The van der Waals surface area contributed by atoms with Gasteiger partial charge in [-0.2, -0.15) is 0 Å². The zero-order valence-electron chi connectivity index (χ0n) is 16.2. The second-order valence-corrected chi connectivity index (χ2v) is 8.04. The number of ether oxygens (including phenoxy) is 1. The third kappa shape index (κ3) is 6.03. The normalized spacial score (nSPS) is 10.8. The summed E-state index contributed by atoms with van der Waals surface area (Å²) in [7, 11) is -4.02. The quantitative estimate of drug-likeness (QED) is 0.298. The monoisotopic (exact) mass is 441 g/mol. The number of amides is 1. The van der Waals surface area contributed by atoms with E-state index in [0.717, 1.165) is 6.07 Å². The zero-order valence-corrected chi connectivity index (χ0v) is 17.0. The first-order valence-electron chi connectivity index (χ1n) is 9.18. The molecule has 0 spiro atoms. The molecule has 0 saturated heterocycles. The van der Waals surface area contributed by atoms with Crippen LogP contribution in [0.3, 0.4) is 0 Å². The highest BCUT2D eigenvalue weighted by Crippen LogP contribution is 2.20. The van der Waals surface area contributed by atoms with Gasteiger partial charge in [-0.1, -0.05) is 24.3 Å². The Morgan fingerprint density at radius 2 is 1.68 bits per heavy atom. The van der Waals surface area contributed by atoms with E-state index < -0.39 is 14.9 Å². The molecule has 0 unspecified atom stereocenters. The Hall–Kier alpha value is -3.92. The van der Waals surface area contributed by atoms with E-state index in [1.54, 1.807) is 0 Å². The Bertz CT molecular complexity index is 1170. The van der Waals surface area contributed by atoms with Crippen molar-refractivity contribution in [1.82, 2.24) is 5.32 Å². The Morgan fingerprint density at radius 1 is 0.968 bits per heavy atom. The molecular formula is C21H19N3O6S. The maximum absolute atomic E-state index is 12.5. The zero-order chi connectivity index (χ0) is 22.3. The SMILES string of the molecule is O=C(NCCOc1ccccc1)c1ccc(NS(=O)(=O)c2cccc([N+](=O)[O-])c2)cc1. The molecule has 31 heavy (non-hydrogen) atoms. The van der Waals surface area contributed by atoms with Crippen LogP contribution in [0.1, 0.15) is 10.4 Å². The first-order valence-corrected chi connectivity index (χ1v) is 10.7. The third-order valence-corrected chi connectivity index (χ3v) is 5.52. The van der Waals surface area contributed by atoms with Crippen molar-refractivity contribution in [2.45, 2.75) is 4.90 Å². The molecule has 3 rings (SSSR count). The van der Waals surface area contributed by atoms with Gasteiger partial charge < -0.3 is 10.1 Å². The predicted octanol–water partition coefficient (Wildman–Crippen LogP) is 3.20. The van der Waals surface area contributed by atoms with Crippen molar-refractivity contribution in [2.24, 2.45) is 0 Å². The van der Waals surface area contributed by atoms with Crippen LogP contribution < -0.4 is 14.8 Å². The van der Waals surface area contributed by atoms with Gasteiger partial charge in [-0.05, 0) is 42.5 Å². The molecule has 0 saturated carbocycles. The molecule has 0 aliphatic heterocycles. The molecule has 0 aromatic heterocycles. The molecule has 0 fully saturated rings. The summed E-state index contributed by atoms with van der Waals surface area (Å²) in [6, 6.07) is 19.7. The summed E-state index contributed by atoms with van der Waals surface area (Å²) in [5.74, 6) is 0.377. The van der Waals surface area contributed by atoms with Gasteiger partial charge in [-0.15, -0.1) is 0 Å². The van der Waals surface area contributed by atoms with Crippen molar-refractivity contribution < 1.29 is 22.9 Å². The van der Waals surface area contributed by atoms with Crippen LogP contribution in [0, 0.1) is 10.1 Å². The van der Waals surface area contributed by atoms with Gasteiger partial charge in [-0.3, -0.25) is 19.6 Å². The van der Waals surface area contributed by atoms with Crippen molar-refractivity contribution in [1.29, 1.82) is 0 Å². The predicted molar refractivity (Wildman–Crippen MR) is 115 cm³/mol. The van der Waals surface area contributed by atoms with E-state index in [-0.39, 0.29) is 22.2 Å². The van der Waals surface area contributed by atoms with E-state index in [9.17, 15) is 23.3 Å². The van der Waals surface area contributed by atoms with Crippen LogP contribution in [0.25, 0.3) is 0 Å². The van der Waals surface area contributed by atoms with Gasteiger partial charge >= 0.3 is 0 Å². The first-order chi connectivity index (χ1) is 14.8. The minimum absolute atomic E-state index is 0.218. The van der Waals surface area contributed by atoms with Crippen molar-refractivity contribution in [3.8, 4) is 5.75 Å². The fourth-order valence-corrected chi connectivity index (χ4v) is 3.72. The number of hydrogen-bond acceptors (Lipinski definition) is 6. The Morgan fingerprint density at radius 3 is 2.35 bits per heavy atom. The summed E-state index contributed by atoms with van der Waals surface area (Å²) in [5, 5.41) is 13.6. The van der Waals surface area contributed by atoms with Gasteiger partial charge in [0.2, 0.25) is 0 Å². The average molecular weight is 441 g/mol. The molecule has 0 radical (unpaired) electrons. The van der Waals surface area contributed by atoms with Crippen LogP contribution >= 0.6 is 0 Å². The molecule has 160 valence electrons. The number of hydrogen-bond donors (Lipinski definition) is 2. The van der Waals surface area contributed by atoms with Crippen molar-refractivity contribution in [2.75, 3.05) is 17.9 Å². The minimum Gasteiger partial charge on any atom is -0.492 e. The number of non-ortho nitro benzene ring substituents is 1. The minimum atomic E-state index is -4.02. The number of carbonyl (C=O) groups is 1. The third-order valence-electron chi connectivity index (χ3n) is 4.14. The van der Waals surface area contributed by atoms with Crippen molar-refractivity contribution in [3.63, 3.8) is 0 Å². The topological polar surface area (TPSA) is 128 Å². The number of nitrogens with one attached hydrogen (secondary N) is 2. The molecule has 1 amide bonds. The van der Waals surface area contributed by atoms with E-state index in [1.165, 1.54) is 42.5 Å². The number of rotatable bonds is 9. The standard InChI is InChI=1S/C21H19N3O6S/c25-21(22-13-14-30-19-6-2-1-3-7-19)16-9-11-17(12-10-16)23-31(28,29)20-8-4-5-18(15-20)24(26)27/h1-12,15,23H,13-14H2,(H,22,25). The lowest BCUT2D eigenvalue weighted by molar-refractivity contribution is -0.385. The summed E-state index contributed by atoms with van der Waals surface area (Å²) in [6.45, 7) is 0.603. The Balaban J connectivity index is 1.56. The first kappa shape index (κ1) is 21.8. The number of benzene rings is 3. The van der Waals surface area contributed by atoms with E-state index in [1.807, 2.05) is 30.3 Å². The van der Waals surface area contributed by atoms with Gasteiger partial charge in [0.15, 0.2) is 0 Å².